The lowest BCUT2D eigenvalue weighted by Gasteiger charge is -2.17. The second kappa shape index (κ2) is 11.4. The van der Waals surface area contributed by atoms with Gasteiger partial charge in [0.25, 0.3) is 0 Å². The van der Waals surface area contributed by atoms with Crippen molar-refractivity contribution in [2.45, 2.75) is 0 Å². The number of benzene rings is 7. The molecule has 9 rings (SSSR count). The fourth-order valence-corrected chi connectivity index (χ4v) is 7.41. The van der Waals surface area contributed by atoms with Crippen molar-refractivity contribution in [3.63, 3.8) is 0 Å². The van der Waals surface area contributed by atoms with E-state index in [1.165, 1.54) is 0 Å². The van der Waals surface area contributed by atoms with Crippen LogP contribution >= 0.6 is 0 Å². The molecule has 0 bridgehead atoms. The Morgan fingerprint density at radius 1 is 0.480 bits per heavy atom. The number of rotatable bonds is 4. The van der Waals surface area contributed by atoms with Crippen molar-refractivity contribution in [1.82, 2.24) is 9.13 Å². The highest BCUT2D eigenvalue weighted by Gasteiger charge is 2.20. The summed E-state index contributed by atoms with van der Waals surface area (Å²) in [6.45, 7) is 8.12. The molecule has 2 aromatic heterocycles. The molecule has 0 fully saturated rings. The highest BCUT2D eigenvalue weighted by Crippen LogP contribution is 2.42. The number of aromatic nitrogens is 2. The minimum atomic E-state index is 0.520. The van der Waals surface area contributed by atoms with E-state index in [1.54, 1.807) is 0 Å². The molecule has 0 saturated heterocycles. The first-order chi connectivity index (χ1) is 24.7. The third-order valence-electron chi connectivity index (χ3n) is 9.63. The second-order valence-corrected chi connectivity index (χ2v) is 12.3. The summed E-state index contributed by atoms with van der Waals surface area (Å²) in [6, 6.07) is 55.4. The quantitative estimate of drug-likeness (QED) is 0.181. The van der Waals surface area contributed by atoms with Crippen LogP contribution in [-0.2, 0) is 0 Å². The first-order valence-corrected chi connectivity index (χ1v) is 16.3. The van der Waals surface area contributed by atoms with E-state index < -0.39 is 0 Å². The number of nitriles is 2. The molecule has 0 atom stereocenters. The smallest absolute Gasteiger partial charge is 0.211 e. The van der Waals surface area contributed by atoms with E-state index in [1.807, 2.05) is 84.9 Å². The number of hydrogen-bond acceptors (Lipinski definition) is 2. The molecule has 5 nitrogen and oxygen atoms in total. The van der Waals surface area contributed by atoms with Crippen molar-refractivity contribution in [2.24, 2.45) is 0 Å². The fraction of sp³-hybridized carbons (Fsp3) is 0. The van der Waals surface area contributed by atoms with Crippen molar-refractivity contribution >= 4 is 49.3 Å². The van der Waals surface area contributed by atoms with Gasteiger partial charge in [-0.1, -0.05) is 97.1 Å². The first-order valence-electron chi connectivity index (χ1n) is 16.3. The molecule has 0 radical (unpaired) electrons. The molecule has 0 spiro atoms. The summed E-state index contributed by atoms with van der Waals surface area (Å²) in [5, 5.41) is 24.4. The largest absolute Gasteiger partial charge is 0.318 e. The van der Waals surface area contributed by atoms with Crippen LogP contribution in [0, 0.1) is 29.2 Å². The van der Waals surface area contributed by atoms with E-state index in [2.05, 4.69) is 92.8 Å². The summed E-state index contributed by atoms with van der Waals surface area (Å²) in [4.78, 5) is 3.95. The number of para-hydroxylation sites is 4. The lowest BCUT2D eigenvalue weighted by molar-refractivity contribution is 1.18. The van der Waals surface area contributed by atoms with Gasteiger partial charge in [0.05, 0.1) is 57.6 Å². The van der Waals surface area contributed by atoms with Gasteiger partial charge in [-0.25, -0.2) is 4.85 Å². The molecule has 0 N–H and O–H groups in total. The molecule has 9 aromatic rings. The molecule has 230 valence electrons. The number of nitrogens with zero attached hydrogens (tertiary/aromatic N) is 5. The van der Waals surface area contributed by atoms with Gasteiger partial charge in [-0.05, 0) is 71.3 Å². The Labute approximate surface area is 288 Å². The summed E-state index contributed by atoms with van der Waals surface area (Å²) in [7, 11) is 0. The van der Waals surface area contributed by atoms with E-state index in [-0.39, 0.29) is 0 Å². The van der Waals surface area contributed by atoms with E-state index in [0.29, 0.717) is 16.8 Å². The van der Waals surface area contributed by atoms with Gasteiger partial charge in [-0.2, -0.15) is 10.5 Å². The Morgan fingerprint density at radius 2 is 1.08 bits per heavy atom. The standard InChI is InChI=1S/C45H25N5/c1-48-40-13-8-12-38(45(40)50-42-15-6-2-9-35(42)36-10-3-7-16-43(36)50)34-23-20-31(26-32(34)28-47)30-18-21-33(22-19-30)49-41-14-5-4-11-37(41)39-25-29(27-46)17-24-44(39)49/h2-26H. The molecule has 0 aliphatic rings. The van der Waals surface area contributed by atoms with Crippen LogP contribution in [0.5, 0.6) is 0 Å². The second-order valence-electron chi connectivity index (χ2n) is 12.3. The van der Waals surface area contributed by atoms with Gasteiger partial charge in [0.1, 0.15) is 0 Å². The van der Waals surface area contributed by atoms with Crippen LogP contribution in [0.4, 0.5) is 5.69 Å². The normalized spacial score (nSPS) is 11.1. The molecule has 7 aromatic carbocycles. The summed E-state index contributed by atoms with van der Waals surface area (Å²) in [6.07, 6.45) is 0. The molecule has 0 saturated carbocycles. The Morgan fingerprint density at radius 3 is 1.72 bits per heavy atom. The zero-order chi connectivity index (χ0) is 33.8. The molecule has 0 aliphatic heterocycles. The van der Waals surface area contributed by atoms with Crippen LogP contribution in [-0.4, -0.2) is 9.13 Å². The summed E-state index contributed by atoms with van der Waals surface area (Å²) >= 11 is 0. The van der Waals surface area contributed by atoms with Crippen molar-refractivity contribution in [1.29, 1.82) is 10.5 Å². The lowest BCUT2D eigenvalue weighted by atomic mass is 9.94. The fourth-order valence-electron chi connectivity index (χ4n) is 7.41. The monoisotopic (exact) mass is 635 g/mol. The van der Waals surface area contributed by atoms with Gasteiger partial charge in [0.15, 0.2) is 0 Å². The van der Waals surface area contributed by atoms with Crippen molar-refractivity contribution < 1.29 is 0 Å². The van der Waals surface area contributed by atoms with Crippen LogP contribution < -0.4 is 0 Å². The van der Waals surface area contributed by atoms with Gasteiger partial charge in [-0.3, -0.25) is 0 Å². The molecule has 0 amide bonds. The van der Waals surface area contributed by atoms with Gasteiger partial charge < -0.3 is 9.13 Å². The zero-order valence-corrected chi connectivity index (χ0v) is 26.7. The predicted molar refractivity (Wildman–Crippen MR) is 202 cm³/mol. The summed E-state index contributed by atoms with van der Waals surface area (Å²) in [5.74, 6) is 0. The van der Waals surface area contributed by atoms with Crippen LogP contribution in [0.15, 0.2) is 152 Å². The number of fused-ring (bicyclic) bond motifs is 6. The third kappa shape index (κ3) is 4.31. The molecule has 0 aliphatic carbocycles. The average molecular weight is 636 g/mol. The average Bonchev–Trinajstić information content (AvgIpc) is 3.70. The molecule has 5 heteroatoms. The molecular weight excluding hydrogens is 611 g/mol. The maximum atomic E-state index is 10.5. The lowest BCUT2D eigenvalue weighted by Crippen LogP contribution is -1.99. The highest BCUT2D eigenvalue weighted by atomic mass is 15.0. The summed E-state index contributed by atoms with van der Waals surface area (Å²) < 4.78 is 4.39. The SMILES string of the molecule is [C-]#[N+]c1cccc(-c2ccc(-c3ccc(-n4c5ccccc5c5cc(C#N)ccc54)cc3)cc2C#N)c1-n1c2ccccc2c2ccccc21. The summed E-state index contributed by atoms with van der Waals surface area (Å²) in [5.41, 5.74) is 11.1. The Kier molecular flexibility index (Phi) is 6.56. The molecule has 2 heterocycles. The Hall–Kier alpha value is -7.39. The van der Waals surface area contributed by atoms with E-state index in [0.717, 1.165) is 77.2 Å². The van der Waals surface area contributed by atoms with Crippen molar-refractivity contribution in [3.05, 3.63) is 174 Å². The Balaban J connectivity index is 1.17. The van der Waals surface area contributed by atoms with Crippen LogP contribution in [0.1, 0.15) is 11.1 Å². The molecular formula is C45H25N5. The van der Waals surface area contributed by atoms with E-state index in [4.69, 9.17) is 6.57 Å². The minimum Gasteiger partial charge on any atom is -0.318 e. The van der Waals surface area contributed by atoms with E-state index in [9.17, 15) is 10.5 Å². The van der Waals surface area contributed by atoms with E-state index >= 15 is 0 Å². The van der Waals surface area contributed by atoms with Gasteiger partial charge in [0, 0.05) is 32.8 Å². The minimum absolute atomic E-state index is 0.520. The third-order valence-corrected chi connectivity index (χ3v) is 9.63. The van der Waals surface area contributed by atoms with Gasteiger partial charge in [0.2, 0.25) is 5.69 Å². The Bertz CT molecular complexity index is 2900. The van der Waals surface area contributed by atoms with Crippen LogP contribution in [0.2, 0.25) is 0 Å². The molecule has 0 unspecified atom stereocenters. The van der Waals surface area contributed by atoms with Crippen LogP contribution in [0.3, 0.4) is 0 Å². The van der Waals surface area contributed by atoms with Crippen LogP contribution in [0.25, 0.3) is 82.1 Å². The number of hydrogen-bond donors (Lipinski definition) is 0. The maximum absolute atomic E-state index is 10.5. The van der Waals surface area contributed by atoms with Gasteiger partial charge >= 0.3 is 0 Å². The molecule has 50 heavy (non-hydrogen) atoms. The van der Waals surface area contributed by atoms with Gasteiger partial charge in [-0.15, -0.1) is 0 Å². The van der Waals surface area contributed by atoms with Crippen molar-refractivity contribution in [2.75, 3.05) is 0 Å². The topological polar surface area (TPSA) is 61.8 Å². The van der Waals surface area contributed by atoms with Crippen molar-refractivity contribution in [3.8, 4) is 45.8 Å². The highest BCUT2D eigenvalue weighted by molar-refractivity contribution is 6.11. The first kappa shape index (κ1) is 28.8. The maximum Gasteiger partial charge on any atom is 0.211 e. The zero-order valence-electron chi connectivity index (χ0n) is 26.7. The predicted octanol–water partition coefficient (Wildman–Crippen LogP) is 11.5.